The quantitative estimate of drug-likeness (QED) is 0.905. The van der Waals surface area contributed by atoms with Gasteiger partial charge in [-0.1, -0.05) is 18.2 Å². The summed E-state index contributed by atoms with van der Waals surface area (Å²) in [6, 6.07) is 8.21. The van der Waals surface area contributed by atoms with Crippen LogP contribution >= 0.6 is 0 Å². The molecule has 2 aliphatic rings. The molecule has 1 saturated heterocycles. The standard InChI is InChI=1S/C15H21N3O2/c1-19-14-7-3-2-6-12(14)13-9-17-15(16)18(13)10-11-5-4-8-20-11/h2-3,6-7,11,13H,4-5,8-10H2,1H3,(H2,16,17). The summed E-state index contributed by atoms with van der Waals surface area (Å²) in [6.45, 7) is 2.34. The normalized spacial score (nSPS) is 25.9. The summed E-state index contributed by atoms with van der Waals surface area (Å²) in [6.07, 6.45) is 2.50. The minimum atomic E-state index is 0.148. The third-order valence-corrected chi connectivity index (χ3v) is 4.02. The van der Waals surface area contributed by atoms with E-state index < -0.39 is 0 Å². The summed E-state index contributed by atoms with van der Waals surface area (Å²) in [7, 11) is 1.70. The number of para-hydroxylation sites is 1. The lowest BCUT2D eigenvalue weighted by Crippen LogP contribution is -2.41. The van der Waals surface area contributed by atoms with Crippen molar-refractivity contribution in [2.45, 2.75) is 25.0 Å². The minimum absolute atomic E-state index is 0.148. The van der Waals surface area contributed by atoms with Crippen molar-refractivity contribution in [2.75, 3.05) is 26.8 Å². The Morgan fingerprint density at radius 3 is 3.05 bits per heavy atom. The van der Waals surface area contributed by atoms with Gasteiger partial charge in [0.25, 0.3) is 0 Å². The second-order valence-electron chi connectivity index (χ2n) is 5.24. The Bertz CT molecular complexity index is 498. The first-order chi connectivity index (χ1) is 9.79. The summed E-state index contributed by atoms with van der Waals surface area (Å²) in [5.41, 5.74) is 7.19. The number of methoxy groups -OCH3 is 1. The van der Waals surface area contributed by atoms with Gasteiger partial charge in [-0.3, -0.25) is 4.99 Å². The van der Waals surface area contributed by atoms with Crippen molar-refractivity contribution < 1.29 is 9.47 Å². The maximum absolute atomic E-state index is 6.06. The first kappa shape index (κ1) is 13.2. The van der Waals surface area contributed by atoms with E-state index in [1.165, 1.54) is 0 Å². The van der Waals surface area contributed by atoms with Gasteiger partial charge in [0, 0.05) is 18.7 Å². The molecule has 108 valence electrons. The third kappa shape index (κ3) is 2.45. The molecular formula is C15H21N3O2. The molecule has 0 amide bonds. The van der Waals surface area contributed by atoms with E-state index in [0.29, 0.717) is 12.5 Å². The van der Waals surface area contributed by atoms with Crippen LogP contribution in [0.25, 0.3) is 0 Å². The Balaban J connectivity index is 1.81. The molecule has 0 bridgehead atoms. The number of hydrogen-bond donors (Lipinski definition) is 1. The summed E-state index contributed by atoms with van der Waals surface area (Å²) in [4.78, 5) is 6.55. The SMILES string of the molecule is COc1ccccc1C1CN=C(N)N1CC1CCCO1. The van der Waals surface area contributed by atoms with Crippen molar-refractivity contribution >= 4 is 5.96 Å². The van der Waals surface area contributed by atoms with E-state index in [-0.39, 0.29) is 12.1 Å². The molecule has 2 aliphatic heterocycles. The van der Waals surface area contributed by atoms with E-state index in [2.05, 4.69) is 16.0 Å². The predicted molar refractivity (Wildman–Crippen MR) is 77.9 cm³/mol. The Labute approximate surface area is 119 Å². The lowest BCUT2D eigenvalue weighted by molar-refractivity contribution is 0.0850. The highest BCUT2D eigenvalue weighted by Gasteiger charge is 2.32. The van der Waals surface area contributed by atoms with E-state index in [0.717, 1.165) is 37.3 Å². The molecule has 2 atom stereocenters. The number of rotatable bonds is 4. The van der Waals surface area contributed by atoms with Gasteiger partial charge in [0.1, 0.15) is 5.75 Å². The monoisotopic (exact) mass is 275 g/mol. The number of hydrogen-bond acceptors (Lipinski definition) is 5. The molecule has 1 aromatic carbocycles. The van der Waals surface area contributed by atoms with Crippen LogP contribution in [0.1, 0.15) is 24.4 Å². The van der Waals surface area contributed by atoms with Gasteiger partial charge in [-0.2, -0.15) is 0 Å². The predicted octanol–water partition coefficient (Wildman–Crippen LogP) is 1.55. The lowest BCUT2D eigenvalue weighted by atomic mass is 10.0. The summed E-state index contributed by atoms with van der Waals surface area (Å²) < 4.78 is 11.2. The Kier molecular flexibility index (Phi) is 3.78. The van der Waals surface area contributed by atoms with Crippen molar-refractivity contribution in [2.24, 2.45) is 10.7 Å². The van der Waals surface area contributed by atoms with Gasteiger partial charge in [-0.05, 0) is 18.9 Å². The van der Waals surface area contributed by atoms with E-state index in [9.17, 15) is 0 Å². The summed E-state index contributed by atoms with van der Waals surface area (Å²) in [5.74, 6) is 1.50. The maximum atomic E-state index is 6.06. The summed E-state index contributed by atoms with van der Waals surface area (Å²) >= 11 is 0. The fourth-order valence-electron chi connectivity index (χ4n) is 2.97. The van der Waals surface area contributed by atoms with Crippen LogP contribution in [0.5, 0.6) is 5.75 Å². The van der Waals surface area contributed by atoms with E-state index in [4.69, 9.17) is 15.2 Å². The third-order valence-electron chi connectivity index (χ3n) is 4.02. The number of ether oxygens (including phenoxy) is 2. The Hall–Kier alpha value is -1.75. The molecule has 2 heterocycles. The zero-order valence-electron chi connectivity index (χ0n) is 11.8. The number of nitrogens with zero attached hydrogens (tertiary/aromatic N) is 2. The van der Waals surface area contributed by atoms with Crippen molar-refractivity contribution in [1.29, 1.82) is 0 Å². The number of benzene rings is 1. The fourth-order valence-corrected chi connectivity index (χ4v) is 2.97. The first-order valence-corrected chi connectivity index (χ1v) is 7.10. The van der Waals surface area contributed by atoms with Gasteiger partial charge in [0.15, 0.2) is 5.96 Å². The van der Waals surface area contributed by atoms with Crippen LogP contribution in [-0.2, 0) is 4.74 Å². The van der Waals surface area contributed by atoms with Gasteiger partial charge in [-0.25, -0.2) is 0 Å². The Morgan fingerprint density at radius 2 is 2.30 bits per heavy atom. The second kappa shape index (κ2) is 5.71. The van der Waals surface area contributed by atoms with Gasteiger partial charge >= 0.3 is 0 Å². The Morgan fingerprint density at radius 1 is 1.45 bits per heavy atom. The molecule has 5 nitrogen and oxygen atoms in total. The van der Waals surface area contributed by atoms with E-state index in [1.807, 2.05) is 18.2 Å². The molecule has 1 fully saturated rings. The molecule has 3 rings (SSSR count). The fraction of sp³-hybridized carbons (Fsp3) is 0.533. The molecule has 20 heavy (non-hydrogen) atoms. The van der Waals surface area contributed by atoms with Crippen molar-refractivity contribution in [3.63, 3.8) is 0 Å². The van der Waals surface area contributed by atoms with Crippen LogP contribution in [-0.4, -0.2) is 43.8 Å². The molecule has 0 aliphatic carbocycles. The van der Waals surface area contributed by atoms with Crippen LogP contribution < -0.4 is 10.5 Å². The average Bonchev–Trinajstić information content (AvgIpc) is 3.11. The molecule has 0 radical (unpaired) electrons. The molecule has 2 N–H and O–H groups in total. The highest BCUT2D eigenvalue weighted by atomic mass is 16.5. The number of aliphatic imine (C=N–C) groups is 1. The molecule has 0 aromatic heterocycles. The largest absolute Gasteiger partial charge is 0.496 e. The molecule has 1 aromatic rings. The molecule has 5 heteroatoms. The molecule has 0 saturated carbocycles. The number of guanidine groups is 1. The minimum Gasteiger partial charge on any atom is -0.496 e. The van der Waals surface area contributed by atoms with E-state index >= 15 is 0 Å². The van der Waals surface area contributed by atoms with Crippen LogP contribution in [0.4, 0.5) is 0 Å². The van der Waals surface area contributed by atoms with Gasteiger partial charge in [0.2, 0.25) is 0 Å². The summed E-state index contributed by atoms with van der Waals surface area (Å²) in [5, 5.41) is 0. The smallest absolute Gasteiger partial charge is 0.192 e. The zero-order valence-corrected chi connectivity index (χ0v) is 11.8. The van der Waals surface area contributed by atoms with Gasteiger partial charge in [-0.15, -0.1) is 0 Å². The van der Waals surface area contributed by atoms with Gasteiger partial charge < -0.3 is 20.1 Å². The highest BCUT2D eigenvalue weighted by Crippen LogP contribution is 2.33. The van der Waals surface area contributed by atoms with Crippen LogP contribution in [0.3, 0.4) is 0 Å². The average molecular weight is 275 g/mol. The van der Waals surface area contributed by atoms with Crippen LogP contribution in [0.2, 0.25) is 0 Å². The molecule has 2 unspecified atom stereocenters. The molecule has 0 spiro atoms. The first-order valence-electron chi connectivity index (χ1n) is 7.10. The number of nitrogens with two attached hydrogens (primary N) is 1. The van der Waals surface area contributed by atoms with Crippen molar-refractivity contribution in [3.8, 4) is 5.75 Å². The molecular weight excluding hydrogens is 254 g/mol. The topological polar surface area (TPSA) is 60.1 Å². The van der Waals surface area contributed by atoms with E-state index in [1.54, 1.807) is 7.11 Å². The lowest BCUT2D eigenvalue weighted by Gasteiger charge is -2.29. The zero-order chi connectivity index (χ0) is 13.9. The van der Waals surface area contributed by atoms with Crippen LogP contribution in [0, 0.1) is 0 Å². The van der Waals surface area contributed by atoms with Crippen molar-refractivity contribution in [1.82, 2.24) is 4.90 Å². The van der Waals surface area contributed by atoms with Gasteiger partial charge in [0.05, 0.1) is 25.8 Å². The second-order valence-corrected chi connectivity index (χ2v) is 5.24. The maximum Gasteiger partial charge on any atom is 0.192 e. The highest BCUT2D eigenvalue weighted by molar-refractivity contribution is 5.80. The van der Waals surface area contributed by atoms with Crippen LogP contribution in [0.15, 0.2) is 29.3 Å². The van der Waals surface area contributed by atoms with Crippen molar-refractivity contribution in [3.05, 3.63) is 29.8 Å².